The summed E-state index contributed by atoms with van der Waals surface area (Å²) in [5, 5.41) is 10.1. The van der Waals surface area contributed by atoms with E-state index >= 15 is 0 Å². The number of carbonyl (C=O) groups excluding carboxylic acids is 2. The zero-order valence-electron chi connectivity index (χ0n) is 35.7. The summed E-state index contributed by atoms with van der Waals surface area (Å²) in [6, 6.07) is 16.7. The van der Waals surface area contributed by atoms with Crippen LogP contribution in [-0.4, -0.2) is 97.9 Å². The summed E-state index contributed by atoms with van der Waals surface area (Å²) in [4.78, 5) is 63.8. The Hall–Kier alpha value is -5.23. The standard InChI is InChI=1S/C46H56N10O6S/c1-52-43-37(10-5-11-38(43)55(46(52)60)35-26-40(57)50-41(58)27-35)29-16-23-54(33-14-19-47-20-15-33)39(25-29)30-6-4-9-36(24-30)63(61,62)53-21-17-32(18-22-53)49-45-48-28-31-12-13-42(59)56(44(31)51-45)34-7-2-3-8-34/h4-6,9-13,24,28-29,32-35,39,47H,2-3,7-8,14-23,25-27H2,1H3,(H,48,49,51)(H,50,57,58). The van der Waals surface area contributed by atoms with E-state index in [4.69, 9.17) is 4.98 Å². The first-order valence-electron chi connectivity index (χ1n) is 22.8. The fraction of sp³-hybridized carbons (Fsp3) is 0.522. The van der Waals surface area contributed by atoms with Gasteiger partial charge in [0.05, 0.1) is 22.0 Å². The van der Waals surface area contributed by atoms with Crippen LogP contribution in [0.2, 0.25) is 0 Å². The molecule has 2 aromatic carbocycles. The minimum Gasteiger partial charge on any atom is -0.351 e. The molecule has 4 saturated heterocycles. The number of pyridine rings is 1. The first-order chi connectivity index (χ1) is 30.5. The normalized spacial score (nSPS) is 23.2. The van der Waals surface area contributed by atoms with E-state index in [1.54, 1.807) is 44.9 Å². The molecule has 4 aliphatic heterocycles. The molecule has 5 fully saturated rings. The van der Waals surface area contributed by atoms with Crippen LogP contribution < -0.4 is 27.2 Å². The van der Waals surface area contributed by atoms with E-state index in [0.29, 0.717) is 49.1 Å². The molecular weight excluding hydrogens is 821 g/mol. The Labute approximate surface area is 366 Å². The fourth-order valence-corrected chi connectivity index (χ4v) is 12.9. The number of sulfonamides is 1. The van der Waals surface area contributed by atoms with Crippen LogP contribution in [0.25, 0.3) is 22.1 Å². The third kappa shape index (κ3) is 7.91. The van der Waals surface area contributed by atoms with Crippen molar-refractivity contribution in [1.82, 2.24) is 43.5 Å². The number of imide groups is 1. The minimum absolute atomic E-state index is 0.0289. The molecule has 3 aromatic heterocycles. The Kier molecular flexibility index (Phi) is 11.3. The number of hydrogen-bond donors (Lipinski definition) is 3. The molecule has 16 nitrogen and oxygen atoms in total. The Morgan fingerprint density at radius 2 is 1.52 bits per heavy atom. The summed E-state index contributed by atoms with van der Waals surface area (Å²) < 4.78 is 35.6. The van der Waals surface area contributed by atoms with Crippen molar-refractivity contribution in [2.24, 2.45) is 7.05 Å². The quantitative estimate of drug-likeness (QED) is 0.178. The summed E-state index contributed by atoms with van der Waals surface area (Å²) in [6.45, 7) is 3.38. The molecule has 63 heavy (non-hydrogen) atoms. The molecule has 1 aliphatic carbocycles. The van der Waals surface area contributed by atoms with Crippen molar-refractivity contribution in [3.8, 4) is 0 Å². The highest BCUT2D eigenvalue weighted by atomic mass is 32.2. The van der Waals surface area contributed by atoms with E-state index in [2.05, 4.69) is 38.0 Å². The molecule has 0 bridgehead atoms. The smallest absolute Gasteiger partial charge is 0.329 e. The molecular formula is C46H56N10O6S. The van der Waals surface area contributed by atoms with Gasteiger partial charge in [0.25, 0.3) is 5.56 Å². The lowest BCUT2D eigenvalue weighted by atomic mass is 9.81. The lowest BCUT2D eigenvalue weighted by Gasteiger charge is -2.46. The third-order valence-electron chi connectivity index (χ3n) is 14.5. The van der Waals surface area contributed by atoms with Crippen molar-refractivity contribution in [2.45, 2.75) is 118 Å². The number of benzene rings is 2. The summed E-state index contributed by atoms with van der Waals surface area (Å²) in [5.74, 6) is -0.238. The van der Waals surface area contributed by atoms with Crippen molar-refractivity contribution in [3.05, 3.63) is 92.8 Å². The van der Waals surface area contributed by atoms with Crippen LogP contribution in [0.15, 0.2) is 75.3 Å². The number of rotatable bonds is 9. The van der Waals surface area contributed by atoms with Gasteiger partial charge in [-0.2, -0.15) is 9.29 Å². The molecule has 10 rings (SSSR count). The monoisotopic (exact) mass is 876 g/mol. The Morgan fingerprint density at radius 1 is 0.778 bits per heavy atom. The van der Waals surface area contributed by atoms with Crippen molar-refractivity contribution in [3.63, 3.8) is 0 Å². The van der Waals surface area contributed by atoms with Crippen LogP contribution >= 0.6 is 0 Å². The first-order valence-corrected chi connectivity index (χ1v) is 24.2. The summed E-state index contributed by atoms with van der Waals surface area (Å²) >= 11 is 0. The number of likely N-dealkylation sites (tertiary alicyclic amines) is 1. The largest absolute Gasteiger partial charge is 0.351 e. The van der Waals surface area contributed by atoms with Gasteiger partial charge < -0.3 is 10.6 Å². The number of anilines is 1. The molecule has 0 radical (unpaired) electrons. The number of carbonyl (C=O) groups is 2. The van der Waals surface area contributed by atoms with Gasteiger partial charge in [-0.25, -0.2) is 18.2 Å². The summed E-state index contributed by atoms with van der Waals surface area (Å²) in [6.07, 6.45) is 10.8. The molecule has 2 amide bonds. The van der Waals surface area contributed by atoms with Crippen LogP contribution in [-0.2, 0) is 26.7 Å². The maximum atomic E-state index is 14.4. The zero-order valence-corrected chi connectivity index (χ0v) is 36.6. The third-order valence-corrected chi connectivity index (χ3v) is 16.4. The molecule has 1 saturated carbocycles. The van der Waals surface area contributed by atoms with E-state index in [9.17, 15) is 27.6 Å². The molecule has 17 heteroatoms. The van der Waals surface area contributed by atoms with E-state index in [-0.39, 0.29) is 64.8 Å². The van der Waals surface area contributed by atoms with Gasteiger partial charge in [0.1, 0.15) is 5.65 Å². The average molecular weight is 877 g/mol. The SMILES string of the molecule is Cn1c(=O)n(C2CC(=O)NC(=O)C2)c2cccc(C3CCN(C4CCNCC4)C(c4cccc(S(=O)(=O)N5CCC(Nc6ncc7ccc(=O)n(C8CCCC8)c7n6)CC5)c4)C3)c21. The number of nitrogens with zero attached hydrogens (tertiary/aromatic N) is 7. The molecule has 5 aliphatic rings. The van der Waals surface area contributed by atoms with Gasteiger partial charge >= 0.3 is 5.69 Å². The number of imidazole rings is 1. The maximum absolute atomic E-state index is 14.4. The van der Waals surface area contributed by atoms with Crippen LogP contribution in [0.3, 0.4) is 0 Å². The lowest BCUT2D eigenvalue weighted by molar-refractivity contribution is -0.134. The minimum atomic E-state index is -3.82. The van der Waals surface area contributed by atoms with Gasteiger partial charge in [-0.1, -0.05) is 37.1 Å². The Balaban J connectivity index is 0.888. The number of para-hydroxylation sites is 1. The van der Waals surface area contributed by atoms with Gasteiger partial charge in [-0.15, -0.1) is 0 Å². The van der Waals surface area contributed by atoms with Crippen LogP contribution in [0.5, 0.6) is 0 Å². The zero-order chi connectivity index (χ0) is 43.4. The summed E-state index contributed by atoms with van der Waals surface area (Å²) in [7, 11) is -2.06. The van der Waals surface area contributed by atoms with Crippen LogP contribution in [0.4, 0.5) is 5.95 Å². The first kappa shape index (κ1) is 41.8. The topological polar surface area (TPSA) is 186 Å². The molecule has 2 atom stereocenters. The van der Waals surface area contributed by atoms with E-state index < -0.39 is 16.1 Å². The highest BCUT2D eigenvalue weighted by molar-refractivity contribution is 7.89. The number of aryl methyl sites for hydroxylation is 1. The van der Waals surface area contributed by atoms with E-state index in [1.807, 2.05) is 28.8 Å². The van der Waals surface area contributed by atoms with Gasteiger partial charge in [0, 0.05) is 74.8 Å². The molecule has 3 N–H and O–H groups in total. The predicted octanol–water partition coefficient (Wildman–Crippen LogP) is 4.48. The van der Waals surface area contributed by atoms with Crippen molar-refractivity contribution < 1.29 is 18.0 Å². The number of amides is 2. The van der Waals surface area contributed by atoms with Gasteiger partial charge in [0.2, 0.25) is 27.8 Å². The molecule has 5 aromatic rings. The van der Waals surface area contributed by atoms with Gasteiger partial charge in [-0.3, -0.25) is 38.3 Å². The Bertz CT molecular complexity index is 2780. The number of nitrogens with one attached hydrogen (secondary N) is 3. The Morgan fingerprint density at radius 3 is 2.29 bits per heavy atom. The number of hydrogen-bond acceptors (Lipinski definition) is 11. The van der Waals surface area contributed by atoms with Gasteiger partial charge in [0.15, 0.2) is 0 Å². The molecule has 332 valence electrons. The van der Waals surface area contributed by atoms with Crippen LogP contribution in [0.1, 0.15) is 112 Å². The second-order valence-corrected chi connectivity index (χ2v) is 20.2. The second-order valence-electron chi connectivity index (χ2n) is 18.3. The lowest BCUT2D eigenvalue weighted by Crippen LogP contribution is -2.47. The molecule has 0 spiro atoms. The number of piperidine rings is 4. The second kappa shape index (κ2) is 17.0. The predicted molar refractivity (Wildman–Crippen MR) is 239 cm³/mol. The summed E-state index contributed by atoms with van der Waals surface area (Å²) in [5.41, 5.74) is 3.88. The number of fused-ring (bicyclic) bond motifs is 2. The van der Waals surface area contributed by atoms with Crippen molar-refractivity contribution >= 4 is 49.9 Å². The average Bonchev–Trinajstić information content (AvgIpc) is 3.92. The molecule has 2 unspecified atom stereocenters. The van der Waals surface area contributed by atoms with Crippen molar-refractivity contribution in [1.29, 1.82) is 0 Å². The van der Waals surface area contributed by atoms with E-state index in [0.717, 1.165) is 93.0 Å². The maximum Gasteiger partial charge on any atom is 0.329 e. The van der Waals surface area contributed by atoms with Crippen LogP contribution in [0, 0.1) is 0 Å². The number of aromatic nitrogens is 5. The van der Waals surface area contributed by atoms with Crippen molar-refractivity contribution in [2.75, 3.05) is 38.0 Å². The van der Waals surface area contributed by atoms with E-state index in [1.165, 1.54) is 0 Å². The van der Waals surface area contributed by atoms with Gasteiger partial charge in [-0.05, 0) is 112 Å². The molecule has 7 heterocycles. The fourth-order valence-electron chi connectivity index (χ4n) is 11.3. The highest BCUT2D eigenvalue weighted by Crippen LogP contribution is 2.44. The highest BCUT2D eigenvalue weighted by Gasteiger charge is 2.38.